The highest BCUT2D eigenvalue weighted by atomic mass is 127. The van der Waals surface area contributed by atoms with Crippen LogP contribution >= 0.6 is 24.0 Å². The average Bonchev–Trinajstić information content (AvgIpc) is 2.45. The van der Waals surface area contributed by atoms with E-state index in [9.17, 15) is 8.78 Å². The molecule has 0 saturated heterocycles. The molecule has 0 amide bonds. The number of rotatable bonds is 6. The lowest BCUT2D eigenvalue weighted by atomic mass is 10.1. The second kappa shape index (κ2) is 9.94. The van der Waals surface area contributed by atoms with Crippen molar-refractivity contribution >= 4 is 29.9 Å². The predicted octanol–water partition coefficient (Wildman–Crippen LogP) is 3.06. The van der Waals surface area contributed by atoms with Crippen molar-refractivity contribution in [1.82, 2.24) is 10.6 Å². The van der Waals surface area contributed by atoms with Crippen LogP contribution in [0.3, 0.4) is 0 Å². The number of guanidine groups is 1. The number of hydrogen-bond donors (Lipinski definition) is 2. The van der Waals surface area contributed by atoms with Gasteiger partial charge < -0.3 is 15.4 Å². The highest BCUT2D eigenvalue weighted by molar-refractivity contribution is 14.0. The van der Waals surface area contributed by atoms with Crippen molar-refractivity contribution in [2.75, 3.05) is 20.2 Å². The van der Waals surface area contributed by atoms with E-state index in [1.54, 1.807) is 7.11 Å². The number of benzene rings is 1. The molecule has 0 aliphatic rings. The standard InChI is InChI=1S/C15H23F2N3O.HI/c1-5-18-14(20-10-15(2,3)21-4)19-9-11-8-12(16)6-7-13(11)17;/h6-8H,5,9-10H2,1-4H3,(H2,18,19,20);1H. The maximum Gasteiger partial charge on any atom is 0.191 e. The molecule has 0 aliphatic heterocycles. The third-order valence-corrected chi connectivity index (χ3v) is 2.99. The van der Waals surface area contributed by atoms with Crippen molar-refractivity contribution in [2.24, 2.45) is 4.99 Å². The summed E-state index contributed by atoms with van der Waals surface area (Å²) < 4.78 is 32.0. The van der Waals surface area contributed by atoms with E-state index in [0.717, 1.165) is 18.2 Å². The van der Waals surface area contributed by atoms with Gasteiger partial charge >= 0.3 is 0 Å². The lowest BCUT2D eigenvalue weighted by Gasteiger charge is -2.24. The molecule has 0 spiro atoms. The number of methoxy groups -OCH3 is 1. The number of aliphatic imine (C=N–C) groups is 1. The number of halogens is 3. The van der Waals surface area contributed by atoms with E-state index in [1.807, 2.05) is 20.8 Å². The minimum atomic E-state index is -0.472. The summed E-state index contributed by atoms with van der Waals surface area (Å²) in [5.74, 6) is -0.403. The molecule has 22 heavy (non-hydrogen) atoms. The summed E-state index contributed by atoms with van der Waals surface area (Å²) in [6.07, 6.45) is 0. The Labute approximate surface area is 147 Å². The molecular formula is C15H24F2IN3O. The fraction of sp³-hybridized carbons (Fsp3) is 0.533. The number of nitrogens with zero attached hydrogens (tertiary/aromatic N) is 1. The quantitative estimate of drug-likeness (QED) is 0.417. The van der Waals surface area contributed by atoms with Gasteiger partial charge in [-0.15, -0.1) is 24.0 Å². The van der Waals surface area contributed by atoms with Crippen LogP contribution in [0.1, 0.15) is 26.3 Å². The summed E-state index contributed by atoms with van der Waals surface area (Å²) in [5, 5.41) is 6.16. The third kappa shape index (κ3) is 7.35. The van der Waals surface area contributed by atoms with Crippen molar-refractivity contribution in [3.8, 4) is 0 Å². The molecule has 0 heterocycles. The Balaban J connectivity index is 0.00000441. The van der Waals surface area contributed by atoms with Gasteiger partial charge in [0.05, 0.1) is 12.1 Å². The molecule has 0 radical (unpaired) electrons. The van der Waals surface area contributed by atoms with Crippen molar-refractivity contribution < 1.29 is 13.5 Å². The van der Waals surface area contributed by atoms with Crippen LogP contribution in [0, 0.1) is 11.6 Å². The molecule has 0 aromatic heterocycles. The minimum absolute atomic E-state index is 0. The first-order valence-corrected chi connectivity index (χ1v) is 6.89. The molecule has 0 unspecified atom stereocenters. The summed E-state index contributed by atoms with van der Waals surface area (Å²) in [7, 11) is 1.63. The van der Waals surface area contributed by atoms with Crippen molar-refractivity contribution in [1.29, 1.82) is 0 Å². The Morgan fingerprint density at radius 2 is 1.95 bits per heavy atom. The van der Waals surface area contributed by atoms with Crippen molar-refractivity contribution in [3.05, 3.63) is 35.4 Å². The summed E-state index contributed by atoms with van der Waals surface area (Å²) in [6, 6.07) is 3.35. The van der Waals surface area contributed by atoms with Crippen molar-refractivity contribution in [2.45, 2.75) is 32.9 Å². The molecular weight excluding hydrogens is 403 g/mol. The highest BCUT2D eigenvalue weighted by Gasteiger charge is 2.16. The van der Waals surface area contributed by atoms with Crippen LogP contribution in [0.4, 0.5) is 8.78 Å². The molecule has 0 aliphatic carbocycles. The van der Waals surface area contributed by atoms with Gasteiger partial charge in [-0.1, -0.05) is 0 Å². The maximum atomic E-state index is 13.5. The summed E-state index contributed by atoms with van der Waals surface area (Å²) >= 11 is 0. The van der Waals surface area contributed by atoms with E-state index < -0.39 is 11.6 Å². The molecule has 4 nitrogen and oxygen atoms in total. The molecule has 0 bridgehead atoms. The van der Waals surface area contributed by atoms with Crippen LogP contribution in [0.5, 0.6) is 0 Å². The van der Waals surface area contributed by atoms with Gasteiger partial charge in [0, 0.05) is 25.8 Å². The van der Waals surface area contributed by atoms with Crippen molar-refractivity contribution in [3.63, 3.8) is 0 Å². The van der Waals surface area contributed by atoms with Gasteiger partial charge in [-0.05, 0) is 39.0 Å². The van der Waals surface area contributed by atoms with Crippen LogP contribution < -0.4 is 10.6 Å². The van der Waals surface area contributed by atoms with Crippen LogP contribution in [0.15, 0.2) is 23.2 Å². The molecule has 2 N–H and O–H groups in total. The van der Waals surface area contributed by atoms with Gasteiger partial charge in [-0.2, -0.15) is 0 Å². The lowest BCUT2D eigenvalue weighted by molar-refractivity contribution is 0.0268. The van der Waals surface area contributed by atoms with Gasteiger partial charge in [-0.25, -0.2) is 13.8 Å². The Bertz CT molecular complexity index is 496. The average molecular weight is 427 g/mol. The zero-order valence-electron chi connectivity index (χ0n) is 13.4. The monoisotopic (exact) mass is 427 g/mol. The second-order valence-corrected chi connectivity index (χ2v) is 5.25. The van der Waals surface area contributed by atoms with E-state index in [2.05, 4.69) is 15.6 Å². The molecule has 126 valence electrons. The van der Waals surface area contributed by atoms with Crippen LogP contribution in [-0.2, 0) is 11.3 Å². The number of hydrogen-bond acceptors (Lipinski definition) is 2. The molecule has 1 rings (SSSR count). The second-order valence-electron chi connectivity index (χ2n) is 5.25. The molecule has 0 saturated carbocycles. The van der Waals surface area contributed by atoms with Crippen LogP contribution in [0.25, 0.3) is 0 Å². The molecule has 0 fully saturated rings. The fourth-order valence-corrected chi connectivity index (χ4v) is 1.54. The first-order chi connectivity index (χ1) is 9.88. The third-order valence-electron chi connectivity index (χ3n) is 2.99. The lowest BCUT2D eigenvalue weighted by Crippen LogP contribution is -2.45. The minimum Gasteiger partial charge on any atom is -0.377 e. The Morgan fingerprint density at radius 3 is 2.55 bits per heavy atom. The number of nitrogens with one attached hydrogen (secondary N) is 2. The van der Waals surface area contributed by atoms with Gasteiger partial charge in [0.15, 0.2) is 5.96 Å². The fourth-order valence-electron chi connectivity index (χ4n) is 1.54. The zero-order valence-corrected chi connectivity index (χ0v) is 15.7. The van der Waals surface area contributed by atoms with Gasteiger partial charge in [0.25, 0.3) is 0 Å². The van der Waals surface area contributed by atoms with Gasteiger partial charge in [0.2, 0.25) is 0 Å². The smallest absolute Gasteiger partial charge is 0.191 e. The van der Waals surface area contributed by atoms with E-state index >= 15 is 0 Å². The molecule has 1 aromatic carbocycles. The maximum absolute atomic E-state index is 13.5. The summed E-state index contributed by atoms with van der Waals surface area (Å²) in [4.78, 5) is 4.26. The van der Waals surface area contributed by atoms with Crippen LogP contribution in [0.2, 0.25) is 0 Å². The Hall–Kier alpha value is -0.960. The molecule has 1 aromatic rings. The van der Waals surface area contributed by atoms with E-state index in [4.69, 9.17) is 4.74 Å². The van der Waals surface area contributed by atoms with Gasteiger partial charge in [-0.3, -0.25) is 0 Å². The highest BCUT2D eigenvalue weighted by Crippen LogP contribution is 2.10. The summed E-state index contributed by atoms with van der Waals surface area (Å²) in [6.45, 7) is 7.09. The van der Waals surface area contributed by atoms with E-state index in [0.29, 0.717) is 19.0 Å². The Morgan fingerprint density at radius 1 is 1.27 bits per heavy atom. The molecule has 0 atom stereocenters. The van der Waals surface area contributed by atoms with Crippen LogP contribution in [-0.4, -0.2) is 31.8 Å². The predicted molar refractivity (Wildman–Crippen MR) is 95.7 cm³/mol. The largest absolute Gasteiger partial charge is 0.377 e. The van der Waals surface area contributed by atoms with Gasteiger partial charge in [0.1, 0.15) is 11.6 Å². The normalized spacial score (nSPS) is 11.8. The SMILES string of the molecule is CCNC(=NCc1cc(F)ccc1F)NCC(C)(C)OC.I. The summed E-state index contributed by atoms with van der Waals surface area (Å²) in [5.41, 5.74) is -0.126. The number of ether oxygens (including phenoxy) is 1. The van der Waals surface area contributed by atoms with E-state index in [1.165, 1.54) is 0 Å². The molecule has 7 heteroatoms. The topological polar surface area (TPSA) is 45.7 Å². The first-order valence-electron chi connectivity index (χ1n) is 6.89. The Kier molecular flexibility index (Phi) is 9.50. The zero-order chi connectivity index (χ0) is 15.9. The van der Waals surface area contributed by atoms with E-state index in [-0.39, 0.29) is 41.7 Å². The first kappa shape index (κ1) is 21.0.